The summed E-state index contributed by atoms with van der Waals surface area (Å²) in [7, 11) is 0. The maximum atomic E-state index is 11.9. The first-order valence-electron chi connectivity index (χ1n) is 7.21. The van der Waals surface area contributed by atoms with Crippen molar-refractivity contribution in [3.63, 3.8) is 0 Å². The number of carbonyl (C=O) groups is 1. The number of nitro groups is 1. The van der Waals surface area contributed by atoms with Crippen LogP contribution in [0.25, 0.3) is 0 Å². The first-order chi connectivity index (χ1) is 10.0. The molecule has 6 heteroatoms. The average Bonchev–Trinajstić information content (AvgIpc) is 2.71. The lowest BCUT2D eigenvalue weighted by Gasteiger charge is -2.32. The molecule has 1 aliphatic heterocycles. The Hall–Kier alpha value is -1.95. The smallest absolute Gasteiger partial charge is 0.270 e. The second-order valence-corrected chi connectivity index (χ2v) is 5.39. The van der Waals surface area contributed by atoms with E-state index in [1.165, 1.54) is 19.1 Å². The lowest BCUT2D eigenvalue weighted by Crippen LogP contribution is -2.38. The summed E-state index contributed by atoms with van der Waals surface area (Å²) in [6.45, 7) is 2.19. The van der Waals surface area contributed by atoms with Crippen molar-refractivity contribution in [3.05, 3.63) is 33.9 Å². The number of hydrogen-bond donors (Lipinski definition) is 1. The summed E-state index contributed by atoms with van der Waals surface area (Å²) in [5.41, 5.74) is 0.956. The standard InChI is InChI=1S/C15H20N2O4/c1-11(19)14-9-12(17(20)21)6-7-15(14)16-8-4-2-3-5-13(16)10-18/h6-7,9,13,18H,2-5,8,10H2,1H3. The Labute approximate surface area is 123 Å². The van der Waals surface area contributed by atoms with Crippen LogP contribution in [0.3, 0.4) is 0 Å². The molecule has 21 heavy (non-hydrogen) atoms. The van der Waals surface area contributed by atoms with Crippen molar-refractivity contribution in [2.24, 2.45) is 0 Å². The van der Waals surface area contributed by atoms with E-state index < -0.39 is 4.92 Å². The molecule has 0 amide bonds. The van der Waals surface area contributed by atoms with Gasteiger partial charge in [0.2, 0.25) is 0 Å². The van der Waals surface area contributed by atoms with Crippen LogP contribution in [-0.2, 0) is 0 Å². The molecule has 1 aliphatic rings. The second-order valence-electron chi connectivity index (χ2n) is 5.39. The molecule has 0 radical (unpaired) electrons. The van der Waals surface area contributed by atoms with Gasteiger partial charge >= 0.3 is 0 Å². The molecule has 6 nitrogen and oxygen atoms in total. The molecule has 2 rings (SSSR count). The summed E-state index contributed by atoms with van der Waals surface area (Å²) in [6, 6.07) is 4.34. The van der Waals surface area contributed by atoms with Gasteiger partial charge in [0, 0.05) is 29.9 Å². The highest BCUT2D eigenvalue weighted by Gasteiger charge is 2.25. The van der Waals surface area contributed by atoms with Crippen molar-refractivity contribution in [3.8, 4) is 0 Å². The van der Waals surface area contributed by atoms with Gasteiger partial charge in [0.1, 0.15) is 0 Å². The predicted octanol–water partition coefficient (Wildman–Crippen LogP) is 2.54. The van der Waals surface area contributed by atoms with E-state index in [2.05, 4.69) is 0 Å². The van der Waals surface area contributed by atoms with Gasteiger partial charge in [-0.2, -0.15) is 0 Å². The molecule has 0 spiro atoms. The minimum atomic E-state index is -0.498. The maximum Gasteiger partial charge on any atom is 0.270 e. The number of nitro benzene ring substituents is 1. The Kier molecular flexibility index (Phi) is 4.90. The van der Waals surface area contributed by atoms with Gasteiger partial charge in [0.15, 0.2) is 5.78 Å². The molecule has 1 atom stereocenters. The first kappa shape index (κ1) is 15.4. The minimum absolute atomic E-state index is 0.0222. The molecule has 1 N–H and O–H groups in total. The molecular weight excluding hydrogens is 272 g/mol. The summed E-state index contributed by atoms with van der Waals surface area (Å²) in [5, 5.41) is 20.5. The van der Waals surface area contributed by atoms with Crippen LogP contribution < -0.4 is 4.90 Å². The zero-order chi connectivity index (χ0) is 15.4. The molecular formula is C15H20N2O4. The van der Waals surface area contributed by atoms with Crippen molar-refractivity contribution in [1.29, 1.82) is 0 Å². The number of Topliss-reactive ketones (excluding diaryl/α,β-unsaturated/α-hetero) is 1. The van der Waals surface area contributed by atoms with Crippen molar-refractivity contribution in [2.75, 3.05) is 18.1 Å². The van der Waals surface area contributed by atoms with E-state index in [9.17, 15) is 20.0 Å². The summed E-state index contributed by atoms with van der Waals surface area (Å²) >= 11 is 0. The van der Waals surface area contributed by atoms with Crippen LogP contribution in [0.4, 0.5) is 11.4 Å². The Morgan fingerprint density at radius 2 is 2.19 bits per heavy atom. The highest BCUT2D eigenvalue weighted by atomic mass is 16.6. The molecule has 1 aromatic carbocycles. The highest BCUT2D eigenvalue weighted by molar-refractivity contribution is 6.00. The molecule has 0 aromatic heterocycles. The van der Waals surface area contributed by atoms with Crippen LogP contribution in [0, 0.1) is 10.1 Å². The van der Waals surface area contributed by atoms with Gasteiger partial charge in [-0.3, -0.25) is 14.9 Å². The van der Waals surface area contributed by atoms with E-state index in [0.717, 1.165) is 32.2 Å². The topological polar surface area (TPSA) is 83.7 Å². The zero-order valence-electron chi connectivity index (χ0n) is 12.1. The molecule has 114 valence electrons. The average molecular weight is 292 g/mol. The number of anilines is 1. The van der Waals surface area contributed by atoms with Gasteiger partial charge in [-0.05, 0) is 25.8 Å². The number of nitrogens with zero attached hydrogens (tertiary/aromatic N) is 2. The Morgan fingerprint density at radius 3 is 2.81 bits per heavy atom. The van der Waals surface area contributed by atoms with Crippen molar-refractivity contribution in [2.45, 2.75) is 38.6 Å². The molecule has 0 aliphatic carbocycles. The predicted molar refractivity (Wildman–Crippen MR) is 79.8 cm³/mol. The number of hydrogen-bond acceptors (Lipinski definition) is 5. The lowest BCUT2D eigenvalue weighted by molar-refractivity contribution is -0.384. The Bertz CT molecular complexity index is 544. The number of aliphatic hydroxyl groups excluding tert-OH is 1. The quantitative estimate of drug-likeness (QED) is 0.524. The lowest BCUT2D eigenvalue weighted by atomic mass is 10.0. The fourth-order valence-electron chi connectivity index (χ4n) is 2.85. The number of aliphatic hydroxyl groups is 1. The molecule has 0 bridgehead atoms. The molecule has 1 saturated heterocycles. The molecule has 1 heterocycles. The number of ketones is 1. The van der Waals surface area contributed by atoms with Gasteiger partial charge < -0.3 is 10.0 Å². The third-order valence-corrected chi connectivity index (χ3v) is 3.97. The summed E-state index contributed by atoms with van der Waals surface area (Å²) in [5.74, 6) is -0.199. The number of carbonyl (C=O) groups excluding carboxylic acids is 1. The fraction of sp³-hybridized carbons (Fsp3) is 0.533. The molecule has 1 fully saturated rings. The third-order valence-electron chi connectivity index (χ3n) is 3.97. The Balaban J connectivity index is 2.45. The number of benzene rings is 1. The van der Waals surface area contributed by atoms with E-state index in [-0.39, 0.29) is 24.1 Å². The van der Waals surface area contributed by atoms with Gasteiger partial charge in [-0.15, -0.1) is 0 Å². The highest BCUT2D eigenvalue weighted by Crippen LogP contribution is 2.30. The summed E-state index contributed by atoms with van der Waals surface area (Å²) < 4.78 is 0. The monoisotopic (exact) mass is 292 g/mol. The van der Waals surface area contributed by atoms with Crippen molar-refractivity contribution >= 4 is 17.2 Å². The summed E-state index contributed by atoms with van der Waals surface area (Å²) in [6.07, 6.45) is 4.00. The van der Waals surface area contributed by atoms with Crippen LogP contribution in [0.2, 0.25) is 0 Å². The van der Waals surface area contributed by atoms with E-state index in [1.54, 1.807) is 6.07 Å². The normalized spacial score (nSPS) is 19.1. The van der Waals surface area contributed by atoms with Gasteiger partial charge in [-0.25, -0.2) is 0 Å². The van der Waals surface area contributed by atoms with Gasteiger partial charge in [-0.1, -0.05) is 12.8 Å². The van der Waals surface area contributed by atoms with Crippen LogP contribution >= 0.6 is 0 Å². The Morgan fingerprint density at radius 1 is 1.43 bits per heavy atom. The van der Waals surface area contributed by atoms with Crippen LogP contribution in [-0.4, -0.2) is 35.0 Å². The number of rotatable bonds is 4. The molecule has 1 unspecified atom stereocenters. The van der Waals surface area contributed by atoms with Crippen LogP contribution in [0.15, 0.2) is 18.2 Å². The molecule has 0 saturated carbocycles. The van der Waals surface area contributed by atoms with Crippen molar-refractivity contribution in [1.82, 2.24) is 0 Å². The van der Waals surface area contributed by atoms with Crippen LogP contribution in [0.1, 0.15) is 43.0 Å². The van der Waals surface area contributed by atoms with Gasteiger partial charge in [0.25, 0.3) is 5.69 Å². The zero-order valence-corrected chi connectivity index (χ0v) is 12.1. The van der Waals surface area contributed by atoms with Crippen LogP contribution in [0.5, 0.6) is 0 Å². The minimum Gasteiger partial charge on any atom is -0.394 e. The third kappa shape index (κ3) is 3.39. The van der Waals surface area contributed by atoms with Crippen molar-refractivity contribution < 1.29 is 14.8 Å². The summed E-state index contributed by atoms with van der Waals surface area (Å²) in [4.78, 5) is 24.3. The van der Waals surface area contributed by atoms with E-state index in [0.29, 0.717) is 11.3 Å². The first-order valence-corrected chi connectivity index (χ1v) is 7.21. The van der Waals surface area contributed by atoms with E-state index >= 15 is 0 Å². The van der Waals surface area contributed by atoms with Gasteiger partial charge in [0.05, 0.1) is 17.6 Å². The molecule has 1 aromatic rings. The maximum absolute atomic E-state index is 11.9. The fourth-order valence-corrected chi connectivity index (χ4v) is 2.85. The SMILES string of the molecule is CC(=O)c1cc([N+](=O)[O-])ccc1N1CCCCCC1CO. The second kappa shape index (κ2) is 6.67. The largest absolute Gasteiger partial charge is 0.394 e. The number of non-ortho nitro benzene ring substituents is 1. The van der Waals surface area contributed by atoms with E-state index in [4.69, 9.17) is 0 Å². The van der Waals surface area contributed by atoms with E-state index in [1.807, 2.05) is 4.90 Å².